The molecule has 0 fully saturated rings. The molecule has 3 N–H and O–H groups in total. The Hall–Kier alpha value is -2.35. The number of aromatic nitrogens is 2. The maximum atomic E-state index is 12.7. The summed E-state index contributed by atoms with van der Waals surface area (Å²) >= 11 is 0. The van der Waals surface area contributed by atoms with Gasteiger partial charge in [0.05, 0.1) is 0 Å². The summed E-state index contributed by atoms with van der Waals surface area (Å²) in [5.74, 6) is 3.80. The molecule has 1 aromatic carbocycles. The van der Waals surface area contributed by atoms with Crippen LogP contribution in [0.5, 0.6) is 11.6 Å². The second-order valence-electron chi connectivity index (χ2n) is 4.43. The molecule has 0 aliphatic carbocycles. The number of benzene rings is 1. The van der Waals surface area contributed by atoms with E-state index in [1.807, 2.05) is 13.0 Å². The van der Waals surface area contributed by atoms with E-state index in [-0.39, 0.29) is 11.7 Å². The standard InChI is InChI=1S/C13H13F3N4O/c1-7-3-4-8(2)9(5-7)21-11-6-10(20-17)18-12(19-11)13(14,15)16/h3-6H,17H2,1-2H3,(H,18,19,20). The Labute approximate surface area is 118 Å². The van der Waals surface area contributed by atoms with Crippen LogP contribution in [0.25, 0.3) is 0 Å². The van der Waals surface area contributed by atoms with Crippen LogP contribution >= 0.6 is 0 Å². The minimum absolute atomic E-state index is 0.183. The van der Waals surface area contributed by atoms with Gasteiger partial charge in [0.1, 0.15) is 11.6 Å². The molecule has 0 saturated carbocycles. The van der Waals surface area contributed by atoms with Gasteiger partial charge >= 0.3 is 6.18 Å². The smallest absolute Gasteiger partial charge is 0.439 e. The van der Waals surface area contributed by atoms with E-state index in [4.69, 9.17) is 10.6 Å². The second kappa shape index (κ2) is 5.57. The molecule has 1 aromatic heterocycles. The summed E-state index contributed by atoms with van der Waals surface area (Å²) in [6, 6.07) is 6.58. The predicted octanol–water partition coefficient (Wildman–Crippen LogP) is 3.19. The third-order valence-corrected chi connectivity index (χ3v) is 2.66. The minimum Gasteiger partial charge on any atom is -0.439 e. The van der Waals surface area contributed by atoms with Gasteiger partial charge in [0.25, 0.3) is 0 Å². The zero-order chi connectivity index (χ0) is 15.6. The molecule has 0 aliphatic rings. The summed E-state index contributed by atoms with van der Waals surface area (Å²) in [6.45, 7) is 3.63. The molecular weight excluding hydrogens is 285 g/mol. The largest absolute Gasteiger partial charge is 0.451 e. The van der Waals surface area contributed by atoms with E-state index in [2.05, 4.69) is 15.4 Å². The molecule has 0 unspecified atom stereocenters. The van der Waals surface area contributed by atoms with Crippen LogP contribution in [0.4, 0.5) is 19.0 Å². The molecule has 1 heterocycles. The summed E-state index contributed by atoms with van der Waals surface area (Å²) < 4.78 is 43.6. The predicted molar refractivity (Wildman–Crippen MR) is 70.8 cm³/mol. The summed E-state index contributed by atoms with van der Waals surface area (Å²) in [6.07, 6.45) is -4.69. The van der Waals surface area contributed by atoms with Crippen LogP contribution < -0.4 is 16.0 Å². The first-order valence-electron chi connectivity index (χ1n) is 5.97. The summed E-state index contributed by atoms with van der Waals surface area (Å²) in [7, 11) is 0. The molecule has 0 spiro atoms. The van der Waals surface area contributed by atoms with Crippen molar-refractivity contribution in [3.05, 3.63) is 41.2 Å². The number of nitrogens with one attached hydrogen (secondary N) is 1. The van der Waals surface area contributed by atoms with Crippen molar-refractivity contribution in [2.45, 2.75) is 20.0 Å². The van der Waals surface area contributed by atoms with Gasteiger partial charge in [-0.3, -0.25) is 0 Å². The molecule has 0 atom stereocenters. The van der Waals surface area contributed by atoms with Gasteiger partial charge in [0, 0.05) is 6.07 Å². The number of hydrogen-bond donors (Lipinski definition) is 2. The maximum absolute atomic E-state index is 12.7. The van der Waals surface area contributed by atoms with E-state index in [1.54, 1.807) is 19.1 Å². The average molecular weight is 298 g/mol. The van der Waals surface area contributed by atoms with E-state index < -0.39 is 12.0 Å². The first-order valence-corrected chi connectivity index (χ1v) is 5.97. The lowest BCUT2D eigenvalue weighted by molar-refractivity contribution is -0.145. The number of nitrogens with two attached hydrogens (primary N) is 1. The summed E-state index contributed by atoms with van der Waals surface area (Å²) in [5.41, 5.74) is 3.75. The van der Waals surface area contributed by atoms with Crippen molar-refractivity contribution in [3.8, 4) is 11.6 Å². The number of ether oxygens (including phenoxy) is 1. The Morgan fingerprint density at radius 2 is 1.86 bits per heavy atom. The van der Waals surface area contributed by atoms with E-state index in [1.165, 1.54) is 6.07 Å². The highest BCUT2D eigenvalue weighted by Crippen LogP contribution is 2.31. The quantitative estimate of drug-likeness (QED) is 0.672. The van der Waals surface area contributed by atoms with Crippen LogP contribution in [0, 0.1) is 13.8 Å². The van der Waals surface area contributed by atoms with E-state index >= 15 is 0 Å². The van der Waals surface area contributed by atoms with E-state index in [0.29, 0.717) is 5.75 Å². The van der Waals surface area contributed by atoms with Gasteiger partial charge in [0.2, 0.25) is 11.7 Å². The lowest BCUT2D eigenvalue weighted by Gasteiger charge is -2.12. The zero-order valence-electron chi connectivity index (χ0n) is 11.3. The van der Waals surface area contributed by atoms with Crippen LogP contribution in [-0.4, -0.2) is 9.97 Å². The fourth-order valence-corrected chi connectivity index (χ4v) is 1.61. The first kappa shape index (κ1) is 15.0. The number of nitrogen functional groups attached to an aromatic ring is 1. The number of nitrogens with zero attached hydrogens (tertiary/aromatic N) is 2. The van der Waals surface area contributed by atoms with E-state index in [0.717, 1.165) is 11.1 Å². The van der Waals surface area contributed by atoms with Crippen LogP contribution in [0.1, 0.15) is 17.0 Å². The highest BCUT2D eigenvalue weighted by atomic mass is 19.4. The zero-order valence-corrected chi connectivity index (χ0v) is 11.3. The average Bonchev–Trinajstić information content (AvgIpc) is 2.41. The minimum atomic E-state index is -4.69. The van der Waals surface area contributed by atoms with Crippen molar-refractivity contribution < 1.29 is 17.9 Å². The fraction of sp³-hybridized carbons (Fsp3) is 0.231. The maximum Gasteiger partial charge on any atom is 0.451 e. The second-order valence-corrected chi connectivity index (χ2v) is 4.43. The third-order valence-electron chi connectivity index (χ3n) is 2.66. The van der Waals surface area contributed by atoms with Crippen LogP contribution in [0.15, 0.2) is 24.3 Å². The Kier molecular flexibility index (Phi) is 3.99. The molecule has 2 aromatic rings. The number of rotatable bonds is 3. The van der Waals surface area contributed by atoms with Crippen molar-refractivity contribution >= 4 is 5.82 Å². The Morgan fingerprint density at radius 3 is 2.48 bits per heavy atom. The lowest BCUT2D eigenvalue weighted by atomic mass is 10.1. The van der Waals surface area contributed by atoms with Gasteiger partial charge in [-0.2, -0.15) is 18.2 Å². The lowest BCUT2D eigenvalue weighted by Crippen LogP contribution is -2.16. The van der Waals surface area contributed by atoms with Crippen molar-refractivity contribution in [2.75, 3.05) is 5.43 Å². The Balaban J connectivity index is 2.42. The molecule has 0 aliphatic heterocycles. The number of hydrogen-bond acceptors (Lipinski definition) is 5. The number of anilines is 1. The molecule has 0 amide bonds. The third kappa shape index (κ3) is 3.60. The number of aryl methyl sites for hydroxylation is 2. The van der Waals surface area contributed by atoms with Gasteiger partial charge in [0.15, 0.2) is 0 Å². The normalized spacial score (nSPS) is 11.3. The van der Waals surface area contributed by atoms with E-state index in [9.17, 15) is 13.2 Å². The molecule has 0 bridgehead atoms. The van der Waals surface area contributed by atoms with Crippen LogP contribution in [0.2, 0.25) is 0 Å². The molecule has 8 heteroatoms. The van der Waals surface area contributed by atoms with Crippen molar-refractivity contribution in [1.82, 2.24) is 9.97 Å². The highest BCUT2D eigenvalue weighted by Gasteiger charge is 2.35. The Bertz CT molecular complexity index is 658. The van der Waals surface area contributed by atoms with Gasteiger partial charge in [-0.05, 0) is 31.0 Å². The first-order chi connectivity index (χ1) is 9.79. The van der Waals surface area contributed by atoms with Gasteiger partial charge in [-0.25, -0.2) is 10.8 Å². The molecule has 2 rings (SSSR count). The molecule has 0 saturated heterocycles. The number of halogens is 3. The topological polar surface area (TPSA) is 73.1 Å². The number of alkyl halides is 3. The summed E-state index contributed by atoms with van der Waals surface area (Å²) in [4.78, 5) is 6.62. The van der Waals surface area contributed by atoms with Crippen molar-refractivity contribution in [3.63, 3.8) is 0 Å². The molecule has 0 radical (unpaired) electrons. The monoisotopic (exact) mass is 298 g/mol. The Morgan fingerprint density at radius 1 is 1.14 bits per heavy atom. The SMILES string of the molecule is Cc1ccc(C)c(Oc2cc(NN)nc(C(F)(F)F)n2)c1. The number of hydrazine groups is 1. The fourth-order valence-electron chi connectivity index (χ4n) is 1.61. The van der Waals surface area contributed by atoms with Gasteiger partial charge < -0.3 is 10.2 Å². The van der Waals surface area contributed by atoms with Gasteiger partial charge in [-0.15, -0.1) is 0 Å². The van der Waals surface area contributed by atoms with Crippen molar-refractivity contribution in [1.29, 1.82) is 0 Å². The van der Waals surface area contributed by atoms with Crippen molar-refractivity contribution in [2.24, 2.45) is 5.84 Å². The van der Waals surface area contributed by atoms with Crippen LogP contribution in [-0.2, 0) is 6.18 Å². The molecular formula is C13H13F3N4O. The van der Waals surface area contributed by atoms with Gasteiger partial charge in [-0.1, -0.05) is 12.1 Å². The summed E-state index contributed by atoms with van der Waals surface area (Å²) in [5, 5.41) is 0. The molecule has 5 nitrogen and oxygen atoms in total. The molecule has 112 valence electrons. The highest BCUT2D eigenvalue weighted by molar-refractivity contribution is 5.42. The van der Waals surface area contributed by atoms with Crippen LogP contribution in [0.3, 0.4) is 0 Å². The molecule has 21 heavy (non-hydrogen) atoms.